The first-order chi connectivity index (χ1) is 9.93. The minimum Gasteiger partial charge on any atom is -0.297 e. The number of nitrogens with two attached hydrogens (primary N) is 1. The molecule has 0 spiro atoms. The molecule has 1 heterocycles. The van der Waals surface area contributed by atoms with Crippen molar-refractivity contribution in [1.29, 1.82) is 0 Å². The number of hydrogen-bond donors (Lipinski definition) is 2. The summed E-state index contributed by atoms with van der Waals surface area (Å²) in [5, 5.41) is 0. The number of piperidine rings is 1. The number of nitrogens with one attached hydrogen (secondary N) is 1. The SMILES string of the molecule is CC(C)(C(Cc1cc(F)cc(F)c1)NN)N1CCCCC1. The van der Waals surface area contributed by atoms with E-state index in [1.165, 1.54) is 31.4 Å². The van der Waals surface area contributed by atoms with Crippen LogP contribution >= 0.6 is 0 Å². The standard InChI is InChI=1S/C16H25F2N3/c1-16(2,21-6-4-3-5-7-21)15(20-19)10-12-8-13(17)11-14(18)9-12/h8-9,11,15,20H,3-7,10,19H2,1-2H3. The summed E-state index contributed by atoms with van der Waals surface area (Å²) in [7, 11) is 0. The van der Waals surface area contributed by atoms with Gasteiger partial charge < -0.3 is 0 Å². The average molecular weight is 297 g/mol. The van der Waals surface area contributed by atoms with Crippen LogP contribution in [0.15, 0.2) is 18.2 Å². The van der Waals surface area contributed by atoms with E-state index in [2.05, 4.69) is 24.2 Å². The number of likely N-dealkylation sites (tertiary alicyclic amines) is 1. The van der Waals surface area contributed by atoms with Crippen LogP contribution in [0.3, 0.4) is 0 Å². The van der Waals surface area contributed by atoms with Gasteiger partial charge in [-0.3, -0.25) is 16.2 Å². The Hall–Kier alpha value is -1.04. The summed E-state index contributed by atoms with van der Waals surface area (Å²) >= 11 is 0. The fraction of sp³-hybridized carbons (Fsp3) is 0.625. The maximum atomic E-state index is 13.3. The normalized spacial score (nSPS) is 18.7. The summed E-state index contributed by atoms with van der Waals surface area (Å²) in [6.07, 6.45) is 4.14. The Morgan fingerprint density at radius 1 is 1.14 bits per heavy atom. The summed E-state index contributed by atoms with van der Waals surface area (Å²) in [6.45, 7) is 6.36. The summed E-state index contributed by atoms with van der Waals surface area (Å²) in [4.78, 5) is 2.41. The van der Waals surface area contributed by atoms with Gasteiger partial charge >= 0.3 is 0 Å². The Bertz CT molecular complexity index is 450. The highest BCUT2D eigenvalue weighted by atomic mass is 19.1. The van der Waals surface area contributed by atoms with Crippen LogP contribution in [0, 0.1) is 11.6 Å². The molecular formula is C16H25F2N3. The quantitative estimate of drug-likeness (QED) is 0.648. The van der Waals surface area contributed by atoms with Gasteiger partial charge in [-0.25, -0.2) is 8.78 Å². The van der Waals surface area contributed by atoms with Gasteiger partial charge in [0.2, 0.25) is 0 Å². The zero-order chi connectivity index (χ0) is 15.5. The molecule has 1 atom stereocenters. The van der Waals surface area contributed by atoms with Crippen LogP contribution in [-0.4, -0.2) is 29.6 Å². The van der Waals surface area contributed by atoms with Gasteiger partial charge in [-0.1, -0.05) is 6.42 Å². The minimum atomic E-state index is -0.545. The summed E-state index contributed by atoms with van der Waals surface area (Å²) in [6, 6.07) is 3.57. The number of benzene rings is 1. The first-order valence-electron chi connectivity index (χ1n) is 7.59. The third-order valence-corrected chi connectivity index (χ3v) is 4.59. The molecule has 0 radical (unpaired) electrons. The van der Waals surface area contributed by atoms with E-state index in [1.54, 1.807) is 0 Å². The first kappa shape index (κ1) is 16.3. The van der Waals surface area contributed by atoms with Gasteiger partial charge in [-0.05, 0) is 63.9 Å². The lowest BCUT2D eigenvalue weighted by Crippen LogP contribution is -2.61. The molecule has 5 heteroatoms. The van der Waals surface area contributed by atoms with E-state index < -0.39 is 11.6 Å². The van der Waals surface area contributed by atoms with Crippen LogP contribution in [0.5, 0.6) is 0 Å². The number of rotatable bonds is 5. The number of nitrogens with zero attached hydrogens (tertiary/aromatic N) is 1. The summed E-state index contributed by atoms with van der Waals surface area (Å²) in [5.74, 6) is 4.64. The topological polar surface area (TPSA) is 41.3 Å². The number of hydrogen-bond acceptors (Lipinski definition) is 3. The lowest BCUT2D eigenvalue weighted by molar-refractivity contribution is 0.0610. The second-order valence-corrected chi connectivity index (χ2v) is 6.40. The molecule has 1 fully saturated rings. The van der Waals surface area contributed by atoms with Crippen molar-refractivity contribution in [3.05, 3.63) is 35.4 Å². The van der Waals surface area contributed by atoms with E-state index in [0.717, 1.165) is 19.2 Å². The fourth-order valence-electron chi connectivity index (χ4n) is 3.17. The Labute approximate surface area is 125 Å². The highest BCUT2D eigenvalue weighted by Gasteiger charge is 2.35. The molecule has 3 N–H and O–H groups in total. The average Bonchev–Trinajstić information content (AvgIpc) is 2.44. The van der Waals surface area contributed by atoms with Gasteiger partial charge in [0, 0.05) is 17.6 Å². The third kappa shape index (κ3) is 3.99. The van der Waals surface area contributed by atoms with E-state index >= 15 is 0 Å². The van der Waals surface area contributed by atoms with E-state index in [-0.39, 0.29) is 11.6 Å². The van der Waals surface area contributed by atoms with Gasteiger partial charge in [0.15, 0.2) is 0 Å². The van der Waals surface area contributed by atoms with Crippen LogP contribution in [0.4, 0.5) is 8.78 Å². The zero-order valence-corrected chi connectivity index (χ0v) is 12.8. The van der Waals surface area contributed by atoms with Gasteiger partial charge in [0.25, 0.3) is 0 Å². The highest BCUT2D eigenvalue weighted by Crippen LogP contribution is 2.26. The van der Waals surface area contributed by atoms with Crippen LogP contribution in [0.2, 0.25) is 0 Å². The van der Waals surface area contributed by atoms with Crippen LogP contribution < -0.4 is 11.3 Å². The van der Waals surface area contributed by atoms with E-state index in [1.807, 2.05) is 0 Å². The largest absolute Gasteiger partial charge is 0.297 e. The molecule has 1 aromatic rings. The Morgan fingerprint density at radius 3 is 2.24 bits per heavy atom. The van der Waals surface area contributed by atoms with Crippen molar-refractivity contribution in [1.82, 2.24) is 10.3 Å². The Morgan fingerprint density at radius 2 is 1.71 bits per heavy atom. The molecule has 1 saturated heterocycles. The third-order valence-electron chi connectivity index (χ3n) is 4.59. The predicted molar refractivity (Wildman–Crippen MR) is 80.7 cm³/mol. The van der Waals surface area contributed by atoms with Crippen molar-refractivity contribution in [2.24, 2.45) is 5.84 Å². The number of hydrazine groups is 1. The van der Waals surface area contributed by atoms with Crippen molar-refractivity contribution in [2.75, 3.05) is 13.1 Å². The monoisotopic (exact) mass is 297 g/mol. The molecule has 118 valence electrons. The van der Waals surface area contributed by atoms with E-state index in [9.17, 15) is 8.78 Å². The molecule has 0 saturated carbocycles. The lowest BCUT2D eigenvalue weighted by Gasteiger charge is -2.45. The highest BCUT2D eigenvalue weighted by molar-refractivity contribution is 5.20. The molecule has 0 amide bonds. The van der Waals surface area contributed by atoms with Crippen LogP contribution in [0.25, 0.3) is 0 Å². The smallest absolute Gasteiger partial charge is 0.126 e. The lowest BCUT2D eigenvalue weighted by atomic mass is 9.86. The Kier molecular flexibility index (Phi) is 5.30. The van der Waals surface area contributed by atoms with Gasteiger partial charge in [-0.2, -0.15) is 0 Å². The maximum Gasteiger partial charge on any atom is 0.126 e. The van der Waals surface area contributed by atoms with E-state index in [0.29, 0.717) is 12.0 Å². The molecule has 1 aliphatic heterocycles. The minimum absolute atomic E-state index is 0.0724. The van der Waals surface area contributed by atoms with E-state index in [4.69, 9.17) is 5.84 Å². The van der Waals surface area contributed by atoms with Gasteiger partial charge in [-0.15, -0.1) is 0 Å². The fourth-order valence-corrected chi connectivity index (χ4v) is 3.17. The second kappa shape index (κ2) is 6.81. The summed E-state index contributed by atoms with van der Waals surface area (Å²) < 4.78 is 26.7. The van der Waals surface area contributed by atoms with Crippen molar-refractivity contribution in [3.63, 3.8) is 0 Å². The van der Waals surface area contributed by atoms with Crippen molar-refractivity contribution < 1.29 is 8.78 Å². The molecule has 1 aliphatic rings. The molecule has 2 rings (SSSR count). The van der Waals surface area contributed by atoms with Crippen LogP contribution in [0.1, 0.15) is 38.7 Å². The van der Waals surface area contributed by atoms with Crippen molar-refractivity contribution in [2.45, 2.75) is 51.1 Å². The second-order valence-electron chi connectivity index (χ2n) is 6.40. The molecule has 0 bridgehead atoms. The number of halogens is 2. The summed E-state index contributed by atoms with van der Waals surface area (Å²) in [5.41, 5.74) is 3.30. The molecule has 21 heavy (non-hydrogen) atoms. The molecule has 0 aliphatic carbocycles. The van der Waals surface area contributed by atoms with Gasteiger partial charge in [0.1, 0.15) is 11.6 Å². The molecule has 0 aromatic heterocycles. The molecule has 3 nitrogen and oxygen atoms in total. The van der Waals surface area contributed by atoms with Crippen molar-refractivity contribution in [3.8, 4) is 0 Å². The Balaban J connectivity index is 2.13. The maximum absolute atomic E-state index is 13.3. The molecule has 1 unspecified atom stereocenters. The van der Waals surface area contributed by atoms with Crippen LogP contribution in [-0.2, 0) is 6.42 Å². The van der Waals surface area contributed by atoms with Crippen molar-refractivity contribution >= 4 is 0 Å². The molecule has 1 aromatic carbocycles. The predicted octanol–water partition coefficient (Wildman–Crippen LogP) is 2.60. The zero-order valence-electron chi connectivity index (χ0n) is 12.8. The van der Waals surface area contributed by atoms with Gasteiger partial charge in [0.05, 0.1) is 0 Å². The molecular weight excluding hydrogens is 272 g/mol. The first-order valence-corrected chi connectivity index (χ1v) is 7.59.